The van der Waals surface area contributed by atoms with Crippen molar-refractivity contribution in [3.63, 3.8) is 0 Å². The third-order valence-corrected chi connectivity index (χ3v) is 8.37. The summed E-state index contributed by atoms with van der Waals surface area (Å²) in [6.07, 6.45) is 4.62. The standard InChI is InChI=1S/C20H30N2O7S2/c1-3-27-17-11-15-12(10-18(17)28-30(21,23)24)4-5-14-13(15)8-9-20(2)16(14)6-7-19(20)29-31(22,25)26/h10-11,13-14,16,19H,3-9H2,1-2H3,(H2,21,23,24)(H2,22,25,26)/t13-,14+,16-,19-,20-/m0/s1. The molecule has 0 aliphatic heterocycles. The summed E-state index contributed by atoms with van der Waals surface area (Å²) in [6.45, 7) is 4.31. The quantitative estimate of drug-likeness (QED) is 0.641. The van der Waals surface area contributed by atoms with Gasteiger partial charge in [-0.05, 0) is 91.9 Å². The highest BCUT2D eigenvalue weighted by Crippen LogP contribution is 2.62. The topological polar surface area (TPSA) is 148 Å². The van der Waals surface area contributed by atoms with Gasteiger partial charge in [-0.1, -0.05) is 6.92 Å². The van der Waals surface area contributed by atoms with Crippen LogP contribution < -0.4 is 19.2 Å². The smallest absolute Gasteiger partial charge is 0.380 e. The van der Waals surface area contributed by atoms with E-state index in [4.69, 9.17) is 23.4 Å². The minimum Gasteiger partial charge on any atom is -0.490 e. The van der Waals surface area contributed by atoms with Gasteiger partial charge in [-0.2, -0.15) is 22.0 Å². The second-order valence-corrected chi connectivity index (χ2v) is 11.5. The number of aryl methyl sites for hydroxylation is 1. The Kier molecular flexibility index (Phi) is 5.79. The van der Waals surface area contributed by atoms with E-state index < -0.39 is 20.6 Å². The van der Waals surface area contributed by atoms with Gasteiger partial charge in [0.2, 0.25) is 0 Å². The van der Waals surface area contributed by atoms with E-state index in [1.165, 1.54) is 0 Å². The van der Waals surface area contributed by atoms with Crippen molar-refractivity contribution in [2.75, 3.05) is 6.61 Å². The molecule has 0 bridgehead atoms. The van der Waals surface area contributed by atoms with Gasteiger partial charge >= 0.3 is 20.6 Å². The lowest BCUT2D eigenvalue weighted by molar-refractivity contribution is -0.00806. The Morgan fingerprint density at radius 1 is 1.03 bits per heavy atom. The Balaban J connectivity index is 1.66. The molecule has 1 aromatic rings. The molecule has 9 nitrogen and oxygen atoms in total. The Morgan fingerprint density at radius 2 is 1.77 bits per heavy atom. The van der Waals surface area contributed by atoms with Crippen molar-refractivity contribution in [2.45, 2.75) is 64.4 Å². The molecule has 5 atom stereocenters. The van der Waals surface area contributed by atoms with Crippen molar-refractivity contribution in [1.82, 2.24) is 0 Å². The molecule has 0 aromatic heterocycles. The van der Waals surface area contributed by atoms with Crippen LogP contribution in [0.4, 0.5) is 0 Å². The molecule has 0 spiro atoms. The van der Waals surface area contributed by atoms with Crippen molar-refractivity contribution >= 4 is 20.6 Å². The van der Waals surface area contributed by atoms with Crippen LogP contribution in [0.5, 0.6) is 11.5 Å². The summed E-state index contributed by atoms with van der Waals surface area (Å²) in [7, 11) is -8.16. The van der Waals surface area contributed by atoms with Gasteiger partial charge < -0.3 is 8.92 Å². The van der Waals surface area contributed by atoms with Gasteiger partial charge in [0, 0.05) is 0 Å². The van der Waals surface area contributed by atoms with Crippen LogP contribution in [0, 0.1) is 17.3 Å². The molecule has 2 fully saturated rings. The SMILES string of the molecule is CCOc1cc2c(cc1OS(N)(=O)=O)CC[C@@H]1[C@@H]2CC[C@]2(C)[C@@H](OS(N)(=O)=O)CC[C@@H]12. The average molecular weight is 475 g/mol. The second kappa shape index (κ2) is 7.87. The summed E-state index contributed by atoms with van der Waals surface area (Å²) in [4.78, 5) is 0. The van der Waals surface area contributed by atoms with E-state index >= 15 is 0 Å². The van der Waals surface area contributed by atoms with Gasteiger partial charge in [-0.15, -0.1) is 0 Å². The normalized spacial score (nSPS) is 32.6. The molecule has 11 heteroatoms. The average Bonchev–Trinajstić information content (AvgIpc) is 2.96. The first kappa shape index (κ1) is 22.8. The highest BCUT2D eigenvalue weighted by atomic mass is 32.2. The number of rotatable bonds is 6. The molecule has 2 saturated carbocycles. The van der Waals surface area contributed by atoms with Gasteiger partial charge in [0.15, 0.2) is 11.5 Å². The van der Waals surface area contributed by atoms with Gasteiger partial charge in [-0.25, -0.2) is 5.14 Å². The number of benzene rings is 1. The van der Waals surface area contributed by atoms with Gasteiger partial charge in [0.25, 0.3) is 0 Å². The van der Waals surface area contributed by atoms with E-state index in [9.17, 15) is 16.8 Å². The summed E-state index contributed by atoms with van der Waals surface area (Å²) < 4.78 is 62.0. The lowest BCUT2D eigenvalue weighted by Gasteiger charge is -2.50. The lowest BCUT2D eigenvalue weighted by atomic mass is 9.55. The van der Waals surface area contributed by atoms with Crippen LogP contribution in [-0.4, -0.2) is 29.5 Å². The molecule has 1 aromatic carbocycles. The highest BCUT2D eigenvalue weighted by molar-refractivity contribution is 7.84. The zero-order chi connectivity index (χ0) is 22.6. The minimum absolute atomic E-state index is 0.115. The number of hydrogen-bond acceptors (Lipinski definition) is 7. The zero-order valence-corrected chi connectivity index (χ0v) is 19.4. The second-order valence-electron chi connectivity index (χ2n) is 9.12. The largest absolute Gasteiger partial charge is 0.490 e. The molecule has 0 saturated heterocycles. The molecule has 31 heavy (non-hydrogen) atoms. The number of hydrogen-bond donors (Lipinski definition) is 2. The summed E-state index contributed by atoms with van der Waals surface area (Å²) in [5.74, 6) is 1.50. The van der Waals surface area contributed by atoms with Crippen molar-refractivity contribution in [3.8, 4) is 11.5 Å². The third-order valence-electron chi connectivity index (χ3n) is 7.46. The van der Waals surface area contributed by atoms with Crippen LogP contribution in [0.3, 0.4) is 0 Å². The molecule has 0 unspecified atom stereocenters. The molecule has 0 heterocycles. The fourth-order valence-corrected chi connectivity index (χ4v) is 7.33. The molecule has 0 radical (unpaired) electrons. The predicted molar refractivity (Wildman–Crippen MR) is 114 cm³/mol. The van der Waals surface area contributed by atoms with E-state index in [1.54, 1.807) is 6.07 Å². The number of nitrogens with two attached hydrogens (primary N) is 2. The maximum atomic E-state index is 11.6. The van der Waals surface area contributed by atoms with Crippen molar-refractivity contribution < 1.29 is 29.9 Å². The van der Waals surface area contributed by atoms with E-state index in [2.05, 4.69) is 6.92 Å². The lowest BCUT2D eigenvalue weighted by Crippen LogP contribution is -2.45. The molecule has 4 N–H and O–H groups in total. The van der Waals surface area contributed by atoms with Crippen LogP contribution >= 0.6 is 0 Å². The fraction of sp³-hybridized carbons (Fsp3) is 0.700. The van der Waals surface area contributed by atoms with Crippen LogP contribution in [0.2, 0.25) is 0 Å². The minimum atomic E-state index is -4.16. The number of ether oxygens (including phenoxy) is 1. The van der Waals surface area contributed by atoms with Crippen molar-refractivity contribution in [2.24, 2.45) is 27.5 Å². The molecule has 3 aliphatic carbocycles. The van der Waals surface area contributed by atoms with E-state index in [0.29, 0.717) is 30.6 Å². The Labute approximate surface area is 183 Å². The van der Waals surface area contributed by atoms with Gasteiger partial charge in [0.05, 0.1) is 12.7 Å². The zero-order valence-electron chi connectivity index (χ0n) is 17.7. The molecule has 0 amide bonds. The van der Waals surface area contributed by atoms with Crippen molar-refractivity contribution in [1.29, 1.82) is 0 Å². The Bertz CT molecular complexity index is 1070. The summed E-state index contributed by atoms with van der Waals surface area (Å²) in [6, 6.07) is 3.63. The van der Waals surface area contributed by atoms with E-state index in [1.807, 2.05) is 13.0 Å². The first-order valence-corrected chi connectivity index (χ1v) is 13.6. The first-order chi connectivity index (χ1) is 14.4. The summed E-state index contributed by atoms with van der Waals surface area (Å²) in [5.41, 5.74) is 1.96. The van der Waals surface area contributed by atoms with Crippen LogP contribution in [-0.2, 0) is 31.2 Å². The maximum absolute atomic E-state index is 11.6. The summed E-state index contributed by atoms with van der Waals surface area (Å²) in [5, 5.41) is 10.2. The Morgan fingerprint density at radius 3 is 2.42 bits per heavy atom. The van der Waals surface area contributed by atoms with E-state index in [-0.39, 0.29) is 23.2 Å². The highest BCUT2D eigenvalue weighted by Gasteiger charge is 2.56. The van der Waals surface area contributed by atoms with Crippen molar-refractivity contribution in [3.05, 3.63) is 23.3 Å². The van der Waals surface area contributed by atoms with Crippen LogP contribution in [0.25, 0.3) is 0 Å². The van der Waals surface area contributed by atoms with Gasteiger partial charge in [-0.3, -0.25) is 4.18 Å². The summed E-state index contributed by atoms with van der Waals surface area (Å²) >= 11 is 0. The first-order valence-electron chi connectivity index (χ1n) is 10.6. The Hall–Kier alpha value is -1.40. The maximum Gasteiger partial charge on any atom is 0.380 e. The fourth-order valence-electron chi connectivity index (χ4n) is 6.31. The monoisotopic (exact) mass is 474 g/mol. The third kappa shape index (κ3) is 4.43. The molecular weight excluding hydrogens is 444 g/mol. The molecule has 174 valence electrons. The van der Waals surface area contributed by atoms with Crippen LogP contribution in [0.15, 0.2) is 12.1 Å². The molecular formula is C20H30N2O7S2. The van der Waals surface area contributed by atoms with Crippen LogP contribution in [0.1, 0.15) is 63.0 Å². The number of fused-ring (bicyclic) bond motifs is 5. The van der Waals surface area contributed by atoms with Gasteiger partial charge in [0.1, 0.15) is 0 Å². The molecule has 4 rings (SSSR count). The molecule has 3 aliphatic rings. The predicted octanol–water partition coefficient (Wildman–Crippen LogP) is 2.11. The van der Waals surface area contributed by atoms with E-state index in [0.717, 1.165) is 43.2 Å².